The minimum atomic E-state index is -0.300. The van der Waals surface area contributed by atoms with E-state index < -0.39 is 0 Å². The highest BCUT2D eigenvalue weighted by Gasteiger charge is 2.15. The van der Waals surface area contributed by atoms with Gasteiger partial charge in [0.05, 0.1) is 35.0 Å². The molecule has 0 N–H and O–H groups in total. The Morgan fingerprint density at radius 2 is 1.92 bits per heavy atom. The Hall–Kier alpha value is -2.95. The molecule has 4 aromatic rings. The lowest BCUT2D eigenvalue weighted by molar-refractivity contribution is 0.415. The van der Waals surface area contributed by atoms with Crippen LogP contribution >= 0.6 is 0 Å². The predicted molar refractivity (Wildman–Crippen MR) is 91.8 cm³/mol. The molecule has 0 saturated heterocycles. The predicted octanol–water partition coefficient (Wildman–Crippen LogP) is 4.26. The fourth-order valence-corrected chi connectivity index (χ4v) is 2.99. The fourth-order valence-electron chi connectivity index (χ4n) is 2.99. The highest BCUT2D eigenvalue weighted by molar-refractivity contribution is 5.88. The normalized spacial score (nSPS) is 11.3. The molecule has 0 aliphatic rings. The molecular formula is C19H16FN3O. The lowest BCUT2D eigenvalue weighted by Gasteiger charge is -2.10. The van der Waals surface area contributed by atoms with Gasteiger partial charge in [-0.1, -0.05) is 6.92 Å². The summed E-state index contributed by atoms with van der Waals surface area (Å²) in [4.78, 5) is 9.24. The maximum absolute atomic E-state index is 13.7. The molecule has 0 saturated carbocycles. The topological polar surface area (TPSA) is 39.4 Å². The van der Waals surface area contributed by atoms with Crippen LogP contribution in [0.3, 0.4) is 0 Å². The number of aryl methyl sites for hydroxylation is 1. The zero-order valence-electron chi connectivity index (χ0n) is 13.5. The van der Waals surface area contributed by atoms with Gasteiger partial charge in [0.25, 0.3) is 0 Å². The second-order valence-electron chi connectivity index (χ2n) is 5.59. The Morgan fingerprint density at radius 3 is 2.62 bits per heavy atom. The molecule has 2 aromatic heterocycles. The quantitative estimate of drug-likeness (QED) is 0.566. The van der Waals surface area contributed by atoms with E-state index in [1.807, 2.05) is 28.7 Å². The van der Waals surface area contributed by atoms with Gasteiger partial charge in [-0.15, -0.1) is 0 Å². The summed E-state index contributed by atoms with van der Waals surface area (Å²) in [5, 5.41) is 0. The summed E-state index contributed by atoms with van der Waals surface area (Å²) in [6, 6.07) is 12.3. The summed E-state index contributed by atoms with van der Waals surface area (Å²) in [6.07, 6.45) is 2.58. The molecule has 0 radical (unpaired) electrons. The van der Waals surface area contributed by atoms with Gasteiger partial charge in [0.2, 0.25) is 0 Å². The summed E-state index contributed by atoms with van der Waals surface area (Å²) in [5.41, 5.74) is 5.12. The van der Waals surface area contributed by atoms with Crippen LogP contribution in [0.1, 0.15) is 12.6 Å². The first-order valence-electron chi connectivity index (χ1n) is 7.81. The average molecular weight is 321 g/mol. The number of hydrogen-bond donors (Lipinski definition) is 0. The Morgan fingerprint density at radius 1 is 1.12 bits per heavy atom. The third kappa shape index (κ3) is 2.21. The maximum atomic E-state index is 13.7. The average Bonchev–Trinajstić information content (AvgIpc) is 3.05. The van der Waals surface area contributed by atoms with Crippen molar-refractivity contribution in [1.82, 2.24) is 14.4 Å². The number of nitrogens with zero attached hydrogens (tertiary/aromatic N) is 3. The largest absolute Gasteiger partial charge is 0.497 e. The first kappa shape index (κ1) is 14.6. The van der Waals surface area contributed by atoms with Gasteiger partial charge in [0.15, 0.2) is 0 Å². The minimum absolute atomic E-state index is 0.300. The van der Waals surface area contributed by atoms with E-state index >= 15 is 0 Å². The van der Waals surface area contributed by atoms with Crippen molar-refractivity contribution in [3.05, 3.63) is 60.3 Å². The van der Waals surface area contributed by atoms with E-state index in [-0.39, 0.29) is 5.82 Å². The molecule has 24 heavy (non-hydrogen) atoms. The summed E-state index contributed by atoms with van der Waals surface area (Å²) in [6.45, 7) is 2.06. The monoisotopic (exact) mass is 321 g/mol. The van der Waals surface area contributed by atoms with E-state index in [4.69, 9.17) is 9.72 Å². The van der Waals surface area contributed by atoms with Crippen LogP contribution in [0.5, 0.6) is 5.75 Å². The first-order chi connectivity index (χ1) is 11.7. The molecule has 0 unspecified atom stereocenters. The number of benzene rings is 2. The molecule has 0 aliphatic heterocycles. The van der Waals surface area contributed by atoms with Crippen LogP contribution in [0.15, 0.2) is 48.8 Å². The molecule has 5 heteroatoms. The van der Waals surface area contributed by atoms with Crippen molar-refractivity contribution in [3.63, 3.8) is 0 Å². The van der Waals surface area contributed by atoms with Crippen molar-refractivity contribution in [3.8, 4) is 17.0 Å². The Balaban J connectivity index is 2.08. The van der Waals surface area contributed by atoms with E-state index in [2.05, 4.69) is 11.9 Å². The van der Waals surface area contributed by atoms with Crippen LogP contribution in [0.25, 0.3) is 27.8 Å². The Bertz CT molecular complexity index is 1040. The highest BCUT2D eigenvalue weighted by Crippen LogP contribution is 2.30. The van der Waals surface area contributed by atoms with Gasteiger partial charge in [0.1, 0.15) is 17.9 Å². The number of rotatable bonds is 3. The number of halogens is 1. The second kappa shape index (κ2) is 5.60. The molecular weight excluding hydrogens is 305 g/mol. The van der Waals surface area contributed by atoms with E-state index in [0.29, 0.717) is 5.52 Å². The fraction of sp³-hybridized carbons (Fsp3) is 0.158. The lowest BCUT2D eigenvalue weighted by atomic mass is 10.1. The van der Waals surface area contributed by atoms with Gasteiger partial charge in [-0.3, -0.25) is 4.40 Å². The molecule has 4 nitrogen and oxygen atoms in total. The molecule has 0 fully saturated rings. The van der Waals surface area contributed by atoms with Crippen LogP contribution in [-0.2, 0) is 6.42 Å². The molecule has 4 rings (SSSR count). The zero-order valence-corrected chi connectivity index (χ0v) is 13.5. The van der Waals surface area contributed by atoms with Gasteiger partial charge in [0, 0.05) is 11.6 Å². The molecule has 2 heterocycles. The molecule has 120 valence electrons. The third-order valence-electron chi connectivity index (χ3n) is 4.20. The van der Waals surface area contributed by atoms with Gasteiger partial charge in [-0.25, -0.2) is 14.4 Å². The van der Waals surface area contributed by atoms with E-state index in [9.17, 15) is 4.39 Å². The maximum Gasteiger partial charge on any atom is 0.125 e. The number of aromatic nitrogens is 3. The van der Waals surface area contributed by atoms with Gasteiger partial charge >= 0.3 is 0 Å². The number of ether oxygens (including phenoxy) is 1. The molecule has 2 aromatic carbocycles. The molecule has 0 spiro atoms. The standard InChI is InChI=1S/C19H16FN3O/c1-3-15-19-18(12-4-7-14(24-2)8-5-12)22-16-10-13(20)6-9-17(16)23(19)11-21-15/h4-11H,3H2,1-2H3. The van der Waals surface area contributed by atoms with Gasteiger partial charge < -0.3 is 4.74 Å². The highest BCUT2D eigenvalue weighted by atomic mass is 19.1. The zero-order chi connectivity index (χ0) is 16.7. The number of hydrogen-bond acceptors (Lipinski definition) is 3. The van der Waals surface area contributed by atoms with Crippen LogP contribution < -0.4 is 4.74 Å². The van der Waals surface area contributed by atoms with Crippen molar-refractivity contribution in [2.24, 2.45) is 0 Å². The van der Waals surface area contributed by atoms with Gasteiger partial charge in [-0.05, 0) is 42.8 Å². The Kier molecular flexibility index (Phi) is 3.41. The summed E-state index contributed by atoms with van der Waals surface area (Å²) in [5.74, 6) is 0.483. The third-order valence-corrected chi connectivity index (χ3v) is 4.20. The van der Waals surface area contributed by atoms with Crippen molar-refractivity contribution in [2.75, 3.05) is 7.11 Å². The van der Waals surface area contributed by atoms with Crippen molar-refractivity contribution < 1.29 is 9.13 Å². The van der Waals surface area contributed by atoms with Crippen molar-refractivity contribution in [1.29, 1.82) is 0 Å². The summed E-state index contributed by atoms with van der Waals surface area (Å²) in [7, 11) is 1.64. The molecule has 0 bridgehead atoms. The SMILES string of the molecule is CCc1ncn2c1c(-c1ccc(OC)cc1)nc1cc(F)ccc12. The van der Waals surface area contributed by atoms with Crippen LogP contribution in [0.4, 0.5) is 4.39 Å². The lowest BCUT2D eigenvalue weighted by Crippen LogP contribution is -1.97. The van der Waals surface area contributed by atoms with Crippen molar-refractivity contribution in [2.45, 2.75) is 13.3 Å². The number of methoxy groups -OCH3 is 1. The van der Waals surface area contributed by atoms with E-state index in [0.717, 1.165) is 40.2 Å². The summed E-state index contributed by atoms with van der Waals surface area (Å²) < 4.78 is 20.9. The molecule has 0 atom stereocenters. The van der Waals surface area contributed by atoms with Crippen LogP contribution in [0, 0.1) is 5.82 Å². The van der Waals surface area contributed by atoms with Crippen molar-refractivity contribution >= 4 is 16.6 Å². The molecule has 0 amide bonds. The summed E-state index contributed by atoms with van der Waals surface area (Å²) >= 11 is 0. The Labute approximate surface area is 138 Å². The smallest absolute Gasteiger partial charge is 0.125 e. The first-order valence-corrected chi connectivity index (χ1v) is 7.81. The van der Waals surface area contributed by atoms with Crippen LogP contribution in [-0.4, -0.2) is 21.5 Å². The van der Waals surface area contributed by atoms with Crippen LogP contribution in [0.2, 0.25) is 0 Å². The minimum Gasteiger partial charge on any atom is -0.497 e. The second-order valence-corrected chi connectivity index (χ2v) is 5.59. The van der Waals surface area contributed by atoms with E-state index in [1.165, 1.54) is 12.1 Å². The number of imidazole rings is 1. The number of fused-ring (bicyclic) bond motifs is 3. The molecule has 0 aliphatic carbocycles. The van der Waals surface area contributed by atoms with E-state index in [1.54, 1.807) is 19.5 Å². The van der Waals surface area contributed by atoms with Gasteiger partial charge in [-0.2, -0.15) is 0 Å².